The summed E-state index contributed by atoms with van der Waals surface area (Å²) in [5, 5.41) is 0. The van der Waals surface area contributed by atoms with Gasteiger partial charge < -0.3 is 4.74 Å². The predicted octanol–water partition coefficient (Wildman–Crippen LogP) is 0.657. The molecule has 2 unspecified atom stereocenters. The third-order valence-corrected chi connectivity index (χ3v) is 3.80. The van der Waals surface area contributed by atoms with Gasteiger partial charge >= 0.3 is 0 Å². The molecule has 0 spiro atoms. The van der Waals surface area contributed by atoms with Crippen LogP contribution in [0.25, 0.3) is 0 Å². The Morgan fingerprint density at radius 3 is 2.20 bits per heavy atom. The van der Waals surface area contributed by atoms with E-state index in [-0.39, 0.29) is 0 Å². The topological polar surface area (TPSA) is 12.5 Å². The molecule has 0 aromatic carbocycles. The molecule has 0 N–H and O–H groups in total. The van der Waals surface area contributed by atoms with Gasteiger partial charge in [0.1, 0.15) is 0 Å². The van der Waals surface area contributed by atoms with E-state index in [1.807, 2.05) is 0 Å². The van der Waals surface area contributed by atoms with Crippen LogP contribution >= 0.6 is 0 Å². The Morgan fingerprint density at radius 1 is 1.10 bits per heavy atom. The first-order valence-corrected chi connectivity index (χ1v) is 5.69. The average molecular weight is 156 g/mol. The van der Waals surface area contributed by atoms with E-state index < -0.39 is 0 Å². The molecular formula is C8H16OSi. The van der Waals surface area contributed by atoms with Crippen LogP contribution in [0.1, 0.15) is 32.1 Å². The Bertz CT molecular complexity index is 120. The fourth-order valence-electron chi connectivity index (χ4n) is 2.16. The molecule has 2 atom stereocenters. The highest BCUT2D eigenvalue weighted by molar-refractivity contribution is 6.13. The molecule has 1 heterocycles. The van der Waals surface area contributed by atoms with Crippen LogP contribution in [-0.4, -0.2) is 22.1 Å². The maximum absolute atomic E-state index is 5.52. The van der Waals surface area contributed by atoms with E-state index in [4.69, 9.17) is 4.74 Å². The number of epoxide rings is 1. The van der Waals surface area contributed by atoms with Gasteiger partial charge in [0, 0.05) is 10.2 Å². The van der Waals surface area contributed by atoms with Crippen LogP contribution < -0.4 is 0 Å². The van der Waals surface area contributed by atoms with Gasteiger partial charge in [-0.2, -0.15) is 0 Å². The van der Waals surface area contributed by atoms with Crippen LogP contribution in [-0.2, 0) is 4.74 Å². The van der Waals surface area contributed by atoms with Crippen LogP contribution in [0.2, 0.25) is 0 Å². The van der Waals surface area contributed by atoms with Crippen LogP contribution in [0.5, 0.6) is 0 Å². The molecule has 1 nitrogen and oxygen atoms in total. The van der Waals surface area contributed by atoms with Crippen molar-refractivity contribution in [2.75, 3.05) is 0 Å². The summed E-state index contributed by atoms with van der Waals surface area (Å²) in [6.45, 7) is 0. The fraction of sp³-hybridized carbons (Fsp3) is 1.00. The van der Waals surface area contributed by atoms with Gasteiger partial charge in [0.15, 0.2) is 0 Å². The molecule has 2 aliphatic rings. The third-order valence-electron chi connectivity index (χ3n) is 2.87. The monoisotopic (exact) mass is 156 g/mol. The molecule has 1 saturated carbocycles. The molecule has 0 radical (unpaired) electrons. The summed E-state index contributed by atoms with van der Waals surface area (Å²) in [5.41, 5.74) is 0.725. The minimum absolute atomic E-state index is 0.715. The van der Waals surface area contributed by atoms with E-state index in [1.165, 1.54) is 42.3 Å². The highest BCUT2D eigenvalue weighted by Crippen LogP contribution is 2.36. The van der Waals surface area contributed by atoms with Gasteiger partial charge in [-0.1, -0.05) is 19.3 Å². The minimum Gasteiger partial charge on any atom is -0.374 e. The number of hydrogen-bond donors (Lipinski definition) is 0. The lowest BCUT2D eigenvalue weighted by atomic mass is 9.87. The van der Waals surface area contributed by atoms with Gasteiger partial charge in [-0.05, 0) is 18.8 Å². The Labute approximate surface area is 65.6 Å². The minimum atomic E-state index is 0.715. The second kappa shape index (κ2) is 2.66. The van der Waals surface area contributed by atoms with Crippen LogP contribution in [0.3, 0.4) is 0 Å². The molecule has 1 aliphatic heterocycles. The van der Waals surface area contributed by atoms with E-state index >= 15 is 0 Å². The number of rotatable bonds is 1. The molecule has 1 aliphatic carbocycles. The second-order valence-corrected chi connectivity index (χ2v) is 4.84. The van der Waals surface area contributed by atoms with Gasteiger partial charge in [0.25, 0.3) is 0 Å². The molecule has 2 heteroatoms. The maximum Gasteiger partial charge on any atom is 0.0825 e. The third kappa shape index (κ3) is 1.27. The highest BCUT2D eigenvalue weighted by atomic mass is 28.1. The van der Waals surface area contributed by atoms with Crippen LogP contribution in [0, 0.1) is 5.92 Å². The Kier molecular flexibility index (Phi) is 1.83. The molecule has 0 aromatic rings. The summed E-state index contributed by atoms with van der Waals surface area (Å²) in [5.74, 6) is 0.955. The molecule has 1 saturated heterocycles. The summed E-state index contributed by atoms with van der Waals surface area (Å²) in [7, 11) is 1.25. The van der Waals surface area contributed by atoms with Crippen molar-refractivity contribution in [3.8, 4) is 0 Å². The van der Waals surface area contributed by atoms with E-state index in [2.05, 4.69) is 0 Å². The molecular weight excluding hydrogens is 140 g/mol. The first-order chi connectivity index (χ1) is 4.88. The van der Waals surface area contributed by atoms with Gasteiger partial charge in [-0.25, -0.2) is 0 Å². The summed E-state index contributed by atoms with van der Waals surface area (Å²) in [6.07, 6.45) is 7.99. The lowest BCUT2D eigenvalue weighted by molar-refractivity contribution is 0.265. The van der Waals surface area contributed by atoms with Crippen molar-refractivity contribution in [3.63, 3.8) is 0 Å². The predicted molar refractivity (Wildman–Crippen MR) is 45.2 cm³/mol. The Morgan fingerprint density at radius 2 is 1.70 bits per heavy atom. The van der Waals surface area contributed by atoms with Crippen molar-refractivity contribution < 1.29 is 4.74 Å². The molecule has 0 aromatic heterocycles. The van der Waals surface area contributed by atoms with E-state index in [1.54, 1.807) is 0 Å². The quantitative estimate of drug-likeness (QED) is 0.401. The molecule has 2 rings (SSSR count). The number of hydrogen-bond acceptors (Lipinski definition) is 1. The zero-order valence-electron chi connectivity index (χ0n) is 6.68. The van der Waals surface area contributed by atoms with Crippen LogP contribution in [0.4, 0.5) is 0 Å². The van der Waals surface area contributed by atoms with Crippen molar-refractivity contribution in [2.24, 2.45) is 5.92 Å². The molecule has 2 fully saturated rings. The van der Waals surface area contributed by atoms with E-state index in [9.17, 15) is 0 Å². The van der Waals surface area contributed by atoms with Crippen molar-refractivity contribution >= 4 is 10.2 Å². The van der Waals surface area contributed by atoms with Crippen LogP contribution in [0.15, 0.2) is 0 Å². The van der Waals surface area contributed by atoms with Gasteiger partial charge in [-0.3, -0.25) is 0 Å². The lowest BCUT2D eigenvalue weighted by Crippen LogP contribution is -2.14. The van der Waals surface area contributed by atoms with Crippen molar-refractivity contribution in [1.29, 1.82) is 0 Å². The normalized spacial score (nSPS) is 42.0. The van der Waals surface area contributed by atoms with Gasteiger partial charge in [-0.15, -0.1) is 0 Å². The summed E-state index contributed by atoms with van der Waals surface area (Å²) < 4.78 is 5.52. The Balaban J connectivity index is 1.81. The van der Waals surface area contributed by atoms with Crippen molar-refractivity contribution in [3.05, 3.63) is 0 Å². The first-order valence-electron chi connectivity index (χ1n) is 4.53. The molecule has 0 bridgehead atoms. The summed E-state index contributed by atoms with van der Waals surface area (Å²) in [4.78, 5) is 0. The van der Waals surface area contributed by atoms with Crippen molar-refractivity contribution in [2.45, 2.75) is 43.9 Å². The summed E-state index contributed by atoms with van der Waals surface area (Å²) >= 11 is 0. The standard InChI is InChI=1S/C8H16OSi/c10-8-7(9-8)6-4-2-1-3-5-6/h6-8H,1-5H2,10H3. The zero-order chi connectivity index (χ0) is 6.97. The maximum atomic E-state index is 5.52. The molecule has 10 heavy (non-hydrogen) atoms. The molecule has 0 amide bonds. The van der Waals surface area contributed by atoms with E-state index in [0.717, 1.165) is 11.6 Å². The zero-order valence-corrected chi connectivity index (χ0v) is 8.68. The average Bonchev–Trinajstić information content (AvgIpc) is 2.69. The fourth-order valence-corrected chi connectivity index (χ4v) is 3.02. The summed E-state index contributed by atoms with van der Waals surface area (Å²) in [6, 6.07) is 0. The lowest BCUT2D eigenvalue weighted by Gasteiger charge is -2.19. The first kappa shape index (κ1) is 6.86. The number of ether oxygens (including phenoxy) is 1. The van der Waals surface area contributed by atoms with Crippen molar-refractivity contribution in [1.82, 2.24) is 0 Å². The van der Waals surface area contributed by atoms with Gasteiger partial charge in [0.2, 0.25) is 0 Å². The highest BCUT2D eigenvalue weighted by Gasteiger charge is 2.40. The van der Waals surface area contributed by atoms with Gasteiger partial charge in [0.05, 0.1) is 11.8 Å². The SMILES string of the molecule is [SiH3]C1OC1C1CCCCC1. The molecule has 58 valence electrons. The van der Waals surface area contributed by atoms with E-state index in [0.29, 0.717) is 6.10 Å². The second-order valence-electron chi connectivity index (χ2n) is 3.70. The Hall–Kier alpha value is 0.177. The smallest absolute Gasteiger partial charge is 0.0825 e. The largest absolute Gasteiger partial charge is 0.374 e.